The second kappa shape index (κ2) is 9.46. The van der Waals surface area contributed by atoms with E-state index in [-0.39, 0.29) is 12.1 Å². The first-order chi connectivity index (χ1) is 13.6. The number of hydrogen-bond donors (Lipinski definition) is 2. The molecule has 0 radical (unpaired) electrons. The SMILES string of the molecule is CC(C)Oc1ccc(NC(=O)Nc2ccc(OCc3ccccc3)cc2)cc1. The molecule has 0 unspecified atom stereocenters. The number of benzene rings is 3. The molecule has 3 rings (SSSR count). The Hall–Kier alpha value is -3.47. The molecule has 2 amide bonds. The molecule has 5 nitrogen and oxygen atoms in total. The fraction of sp³-hybridized carbons (Fsp3) is 0.174. The number of nitrogens with one attached hydrogen (secondary N) is 2. The van der Waals surface area contributed by atoms with E-state index < -0.39 is 0 Å². The summed E-state index contributed by atoms with van der Waals surface area (Å²) in [6, 6.07) is 24.2. The third kappa shape index (κ3) is 6.06. The number of carbonyl (C=O) groups is 1. The first kappa shape index (κ1) is 19.3. The molecule has 3 aromatic carbocycles. The second-order valence-electron chi connectivity index (χ2n) is 6.57. The van der Waals surface area contributed by atoms with E-state index in [0.29, 0.717) is 18.0 Å². The van der Waals surface area contributed by atoms with Crippen LogP contribution in [0.25, 0.3) is 0 Å². The Labute approximate surface area is 165 Å². The molecule has 0 fully saturated rings. The number of hydrogen-bond acceptors (Lipinski definition) is 3. The van der Waals surface area contributed by atoms with Crippen LogP contribution in [0.15, 0.2) is 78.9 Å². The molecule has 0 aliphatic carbocycles. The number of anilines is 2. The second-order valence-corrected chi connectivity index (χ2v) is 6.57. The molecule has 3 aromatic rings. The average molecular weight is 376 g/mol. The fourth-order valence-electron chi connectivity index (χ4n) is 2.56. The summed E-state index contributed by atoms with van der Waals surface area (Å²) in [5.41, 5.74) is 2.48. The molecular formula is C23H24N2O3. The molecule has 5 heteroatoms. The van der Waals surface area contributed by atoms with Crippen LogP contribution in [-0.4, -0.2) is 12.1 Å². The average Bonchev–Trinajstić information content (AvgIpc) is 2.69. The summed E-state index contributed by atoms with van der Waals surface area (Å²) in [5.74, 6) is 1.52. The van der Waals surface area contributed by atoms with Crippen LogP contribution in [0.2, 0.25) is 0 Å². The van der Waals surface area contributed by atoms with Crippen LogP contribution in [-0.2, 0) is 6.61 Å². The van der Waals surface area contributed by atoms with Crippen molar-refractivity contribution in [2.45, 2.75) is 26.6 Å². The predicted molar refractivity (Wildman–Crippen MR) is 112 cm³/mol. The zero-order valence-corrected chi connectivity index (χ0v) is 16.0. The van der Waals surface area contributed by atoms with Crippen molar-refractivity contribution < 1.29 is 14.3 Å². The van der Waals surface area contributed by atoms with Gasteiger partial charge in [-0.25, -0.2) is 4.79 Å². The summed E-state index contributed by atoms with van der Waals surface area (Å²) >= 11 is 0. The largest absolute Gasteiger partial charge is 0.491 e. The van der Waals surface area contributed by atoms with Crippen LogP contribution in [0.3, 0.4) is 0 Å². The summed E-state index contributed by atoms with van der Waals surface area (Å²) in [7, 11) is 0. The highest BCUT2D eigenvalue weighted by Crippen LogP contribution is 2.19. The third-order valence-electron chi connectivity index (χ3n) is 3.84. The van der Waals surface area contributed by atoms with E-state index in [2.05, 4.69) is 10.6 Å². The van der Waals surface area contributed by atoms with Crippen molar-refractivity contribution in [2.24, 2.45) is 0 Å². The van der Waals surface area contributed by atoms with Crippen LogP contribution < -0.4 is 20.1 Å². The molecule has 0 saturated heterocycles. The zero-order chi connectivity index (χ0) is 19.8. The molecule has 0 spiro atoms. The van der Waals surface area contributed by atoms with Crippen LogP contribution in [0.5, 0.6) is 11.5 Å². The minimum Gasteiger partial charge on any atom is -0.491 e. The minimum absolute atomic E-state index is 0.113. The molecule has 2 N–H and O–H groups in total. The molecule has 0 heterocycles. The zero-order valence-electron chi connectivity index (χ0n) is 16.0. The van der Waals surface area contributed by atoms with Crippen LogP contribution >= 0.6 is 0 Å². The van der Waals surface area contributed by atoms with Crippen molar-refractivity contribution in [3.63, 3.8) is 0 Å². The van der Waals surface area contributed by atoms with Gasteiger partial charge in [0.05, 0.1) is 6.10 Å². The lowest BCUT2D eigenvalue weighted by Gasteiger charge is -2.11. The summed E-state index contributed by atoms with van der Waals surface area (Å²) in [5, 5.41) is 5.60. The van der Waals surface area contributed by atoms with E-state index in [0.717, 1.165) is 17.1 Å². The molecule has 0 aliphatic rings. The van der Waals surface area contributed by atoms with Crippen molar-refractivity contribution in [1.29, 1.82) is 0 Å². The van der Waals surface area contributed by atoms with Gasteiger partial charge in [-0.1, -0.05) is 30.3 Å². The molecule has 0 atom stereocenters. The Morgan fingerprint density at radius 1 is 0.786 bits per heavy atom. The first-order valence-electron chi connectivity index (χ1n) is 9.20. The number of urea groups is 1. The monoisotopic (exact) mass is 376 g/mol. The third-order valence-corrected chi connectivity index (χ3v) is 3.84. The quantitative estimate of drug-likeness (QED) is 0.556. The topological polar surface area (TPSA) is 59.6 Å². The van der Waals surface area contributed by atoms with Gasteiger partial charge >= 0.3 is 6.03 Å². The Kier molecular flexibility index (Phi) is 6.52. The van der Waals surface area contributed by atoms with Gasteiger partial charge in [0.2, 0.25) is 0 Å². The normalized spacial score (nSPS) is 10.4. The molecule has 28 heavy (non-hydrogen) atoms. The number of ether oxygens (including phenoxy) is 2. The molecular weight excluding hydrogens is 352 g/mol. The Morgan fingerprint density at radius 3 is 1.86 bits per heavy atom. The van der Waals surface area contributed by atoms with Gasteiger partial charge in [0, 0.05) is 11.4 Å². The highest BCUT2D eigenvalue weighted by atomic mass is 16.5. The molecule has 0 bridgehead atoms. The lowest BCUT2D eigenvalue weighted by Crippen LogP contribution is -2.19. The smallest absolute Gasteiger partial charge is 0.323 e. The van der Waals surface area contributed by atoms with E-state index in [1.54, 1.807) is 24.3 Å². The fourth-order valence-corrected chi connectivity index (χ4v) is 2.56. The van der Waals surface area contributed by atoms with E-state index >= 15 is 0 Å². The van der Waals surface area contributed by atoms with E-state index in [1.165, 1.54) is 0 Å². The maximum absolute atomic E-state index is 12.2. The van der Waals surface area contributed by atoms with Gasteiger partial charge in [0.25, 0.3) is 0 Å². The highest BCUT2D eigenvalue weighted by Gasteiger charge is 2.04. The summed E-state index contributed by atoms with van der Waals surface area (Å²) in [6.45, 7) is 4.44. The van der Waals surface area contributed by atoms with Gasteiger partial charge in [0.15, 0.2) is 0 Å². The lowest BCUT2D eigenvalue weighted by atomic mass is 10.2. The van der Waals surface area contributed by atoms with Crippen molar-refractivity contribution in [3.05, 3.63) is 84.4 Å². The Morgan fingerprint density at radius 2 is 1.32 bits per heavy atom. The maximum atomic E-state index is 12.2. The van der Waals surface area contributed by atoms with E-state index in [9.17, 15) is 4.79 Å². The Balaban J connectivity index is 1.48. The van der Waals surface area contributed by atoms with Crippen LogP contribution in [0, 0.1) is 0 Å². The number of carbonyl (C=O) groups excluding carboxylic acids is 1. The molecule has 0 aliphatic heterocycles. The summed E-state index contributed by atoms with van der Waals surface area (Å²) < 4.78 is 11.3. The first-order valence-corrected chi connectivity index (χ1v) is 9.20. The van der Waals surface area contributed by atoms with Gasteiger partial charge in [-0.3, -0.25) is 0 Å². The summed E-state index contributed by atoms with van der Waals surface area (Å²) in [6.07, 6.45) is 0.113. The van der Waals surface area contributed by atoms with Crippen LogP contribution in [0.1, 0.15) is 19.4 Å². The minimum atomic E-state index is -0.310. The van der Waals surface area contributed by atoms with Crippen molar-refractivity contribution in [2.75, 3.05) is 10.6 Å². The van der Waals surface area contributed by atoms with Crippen molar-refractivity contribution in [1.82, 2.24) is 0 Å². The standard InChI is InChI=1S/C23H24N2O3/c1-17(2)28-22-14-10-20(11-15-22)25-23(26)24-19-8-12-21(13-9-19)27-16-18-6-4-3-5-7-18/h3-15,17H,16H2,1-2H3,(H2,24,25,26). The highest BCUT2D eigenvalue weighted by molar-refractivity contribution is 5.99. The van der Waals surface area contributed by atoms with E-state index in [4.69, 9.17) is 9.47 Å². The number of rotatable bonds is 7. The van der Waals surface area contributed by atoms with Crippen molar-refractivity contribution in [3.8, 4) is 11.5 Å². The van der Waals surface area contributed by atoms with Gasteiger partial charge in [-0.15, -0.1) is 0 Å². The molecule has 0 aromatic heterocycles. The van der Waals surface area contributed by atoms with Crippen molar-refractivity contribution >= 4 is 17.4 Å². The van der Waals surface area contributed by atoms with Gasteiger partial charge in [0.1, 0.15) is 18.1 Å². The predicted octanol–water partition coefficient (Wildman–Crippen LogP) is 5.70. The molecule has 0 saturated carbocycles. The lowest BCUT2D eigenvalue weighted by molar-refractivity contribution is 0.242. The van der Waals surface area contributed by atoms with Gasteiger partial charge in [-0.2, -0.15) is 0 Å². The summed E-state index contributed by atoms with van der Waals surface area (Å²) in [4.78, 5) is 12.2. The van der Waals surface area contributed by atoms with Crippen LogP contribution in [0.4, 0.5) is 16.2 Å². The number of amides is 2. The van der Waals surface area contributed by atoms with Gasteiger partial charge in [-0.05, 0) is 67.9 Å². The van der Waals surface area contributed by atoms with E-state index in [1.807, 2.05) is 68.4 Å². The molecule has 144 valence electrons. The maximum Gasteiger partial charge on any atom is 0.323 e. The Bertz CT molecular complexity index is 876. The van der Waals surface area contributed by atoms with Gasteiger partial charge < -0.3 is 20.1 Å².